The average Bonchev–Trinajstić information content (AvgIpc) is 2.86. The first-order valence-corrected chi connectivity index (χ1v) is 6.46. The van der Waals surface area contributed by atoms with E-state index in [0.717, 1.165) is 12.0 Å². The van der Waals surface area contributed by atoms with Gasteiger partial charge in [-0.1, -0.05) is 25.1 Å². The maximum absolute atomic E-state index is 12.4. The molecule has 0 aliphatic rings. The number of carboxylic acid groups (broad SMARTS) is 1. The predicted molar refractivity (Wildman–Crippen MR) is 70.5 cm³/mol. The molecule has 0 saturated heterocycles. The van der Waals surface area contributed by atoms with Crippen LogP contribution in [0.5, 0.6) is 0 Å². The lowest BCUT2D eigenvalue weighted by Gasteiger charge is -2.05. The zero-order chi connectivity index (χ0) is 13.1. The van der Waals surface area contributed by atoms with Gasteiger partial charge in [0.1, 0.15) is 0 Å². The van der Waals surface area contributed by atoms with Crippen molar-refractivity contribution in [2.45, 2.75) is 13.3 Å². The summed E-state index contributed by atoms with van der Waals surface area (Å²) in [7, 11) is 0. The molecule has 0 bridgehead atoms. The van der Waals surface area contributed by atoms with E-state index in [4.69, 9.17) is 5.11 Å². The Hall–Kier alpha value is -1.94. The first-order chi connectivity index (χ1) is 8.65. The van der Waals surface area contributed by atoms with Crippen LogP contribution in [0.2, 0.25) is 0 Å². The molecule has 18 heavy (non-hydrogen) atoms. The Morgan fingerprint density at radius 2 is 1.83 bits per heavy atom. The van der Waals surface area contributed by atoms with Crippen LogP contribution < -0.4 is 0 Å². The third-order valence-electron chi connectivity index (χ3n) is 2.74. The van der Waals surface area contributed by atoms with Gasteiger partial charge in [0, 0.05) is 5.56 Å². The Labute approximate surface area is 109 Å². The quantitative estimate of drug-likeness (QED) is 0.858. The van der Waals surface area contributed by atoms with E-state index in [1.54, 1.807) is 18.2 Å². The number of carbonyl (C=O) groups excluding carboxylic acids is 1. The van der Waals surface area contributed by atoms with Gasteiger partial charge < -0.3 is 5.11 Å². The fourth-order valence-electron chi connectivity index (χ4n) is 1.80. The van der Waals surface area contributed by atoms with E-state index in [1.807, 2.05) is 18.4 Å². The molecule has 0 aliphatic heterocycles. The topological polar surface area (TPSA) is 54.4 Å². The number of benzene rings is 1. The Kier molecular flexibility index (Phi) is 3.58. The van der Waals surface area contributed by atoms with Crippen molar-refractivity contribution >= 4 is 23.1 Å². The molecule has 0 amide bonds. The van der Waals surface area contributed by atoms with Crippen molar-refractivity contribution in [3.8, 4) is 0 Å². The molecule has 0 radical (unpaired) electrons. The number of carbonyl (C=O) groups is 2. The molecule has 0 fully saturated rings. The second kappa shape index (κ2) is 5.14. The van der Waals surface area contributed by atoms with Crippen LogP contribution in [0.3, 0.4) is 0 Å². The van der Waals surface area contributed by atoms with Gasteiger partial charge in [0.15, 0.2) is 0 Å². The van der Waals surface area contributed by atoms with Gasteiger partial charge in [-0.25, -0.2) is 4.79 Å². The molecule has 0 saturated carbocycles. The van der Waals surface area contributed by atoms with Crippen molar-refractivity contribution in [3.63, 3.8) is 0 Å². The average molecular weight is 260 g/mol. The van der Waals surface area contributed by atoms with Crippen LogP contribution in [0.25, 0.3) is 0 Å². The molecular formula is C14H12O3S. The smallest absolute Gasteiger partial charge is 0.336 e. The summed E-state index contributed by atoms with van der Waals surface area (Å²) in [5.41, 5.74) is 1.27. The molecule has 1 aromatic heterocycles. The number of carboxylic acids is 1. The lowest BCUT2D eigenvalue weighted by Crippen LogP contribution is -2.09. The van der Waals surface area contributed by atoms with E-state index in [0.29, 0.717) is 4.88 Å². The van der Waals surface area contributed by atoms with E-state index >= 15 is 0 Å². The normalized spacial score (nSPS) is 10.3. The Morgan fingerprint density at radius 3 is 2.44 bits per heavy atom. The highest BCUT2D eigenvalue weighted by Gasteiger charge is 2.20. The van der Waals surface area contributed by atoms with Gasteiger partial charge in [-0.3, -0.25) is 4.79 Å². The van der Waals surface area contributed by atoms with Crippen LogP contribution in [0.15, 0.2) is 35.7 Å². The molecule has 2 rings (SSSR count). The van der Waals surface area contributed by atoms with Crippen molar-refractivity contribution in [2.75, 3.05) is 0 Å². The molecule has 0 aliphatic carbocycles. The van der Waals surface area contributed by atoms with Crippen molar-refractivity contribution in [2.24, 2.45) is 0 Å². The van der Waals surface area contributed by atoms with Crippen LogP contribution in [0, 0.1) is 0 Å². The van der Waals surface area contributed by atoms with E-state index in [2.05, 4.69) is 0 Å². The van der Waals surface area contributed by atoms with Gasteiger partial charge in [-0.2, -0.15) is 0 Å². The summed E-state index contributed by atoms with van der Waals surface area (Å²) >= 11 is 1.36. The van der Waals surface area contributed by atoms with Crippen LogP contribution in [-0.2, 0) is 6.42 Å². The number of hydrogen-bond acceptors (Lipinski definition) is 3. The Morgan fingerprint density at radius 1 is 1.17 bits per heavy atom. The Balaban J connectivity index is 2.50. The highest BCUT2D eigenvalue weighted by molar-refractivity contribution is 7.12. The molecule has 1 aromatic carbocycles. The van der Waals surface area contributed by atoms with Gasteiger partial charge in [-0.15, -0.1) is 11.3 Å². The molecule has 1 N–H and O–H groups in total. The lowest BCUT2D eigenvalue weighted by atomic mass is 10.0. The van der Waals surface area contributed by atoms with E-state index < -0.39 is 5.97 Å². The lowest BCUT2D eigenvalue weighted by molar-refractivity contribution is 0.0693. The molecule has 0 spiro atoms. The molecular weight excluding hydrogens is 248 g/mol. The number of rotatable bonds is 4. The van der Waals surface area contributed by atoms with Crippen molar-refractivity contribution in [3.05, 3.63) is 57.3 Å². The minimum atomic E-state index is -1.08. The standard InChI is InChI=1S/C14H12O3S/c1-2-9-7-8-18-13(9)12(15)10-5-3-4-6-11(10)14(16)17/h3-8H,2H2,1H3,(H,16,17). The van der Waals surface area contributed by atoms with Crippen LogP contribution in [0.1, 0.15) is 38.1 Å². The van der Waals surface area contributed by atoms with Gasteiger partial charge in [0.05, 0.1) is 10.4 Å². The molecule has 1 heterocycles. The van der Waals surface area contributed by atoms with Gasteiger partial charge in [0.25, 0.3) is 0 Å². The molecule has 0 atom stereocenters. The zero-order valence-corrected chi connectivity index (χ0v) is 10.7. The van der Waals surface area contributed by atoms with Crippen molar-refractivity contribution in [1.82, 2.24) is 0 Å². The van der Waals surface area contributed by atoms with Gasteiger partial charge in [0.2, 0.25) is 5.78 Å². The predicted octanol–water partition coefficient (Wildman–Crippen LogP) is 3.24. The monoisotopic (exact) mass is 260 g/mol. The van der Waals surface area contributed by atoms with Gasteiger partial charge >= 0.3 is 5.97 Å². The maximum Gasteiger partial charge on any atom is 0.336 e. The fourth-order valence-corrected chi connectivity index (χ4v) is 2.75. The van der Waals surface area contributed by atoms with Crippen molar-refractivity contribution in [1.29, 1.82) is 0 Å². The summed E-state index contributed by atoms with van der Waals surface area (Å²) in [4.78, 5) is 24.1. The van der Waals surface area contributed by atoms with E-state index in [1.165, 1.54) is 17.4 Å². The number of thiophene rings is 1. The summed E-state index contributed by atoms with van der Waals surface area (Å²) in [5, 5.41) is 10.9. The first-order valence-electron chi connectivity index (χ1n) is 5.58. The molecule has 4 heteroatoms. The third kappa shape index (κ3) is 2.19. The zero-order valence-electron chi connectivity index (χ0n) is 9.84. The van der Waals surface area contributed by atoms with Crippen LogP contribution in [0.4, 0.5) is 0 Å². The largest absolute Gasteiger partial charge is 0.478 e. The second-order valence-electron chi connectivity index (χ2n) is 3.81. The summed E-state index contributed by atoms with van der Waals surface area (Å²) in [6.07, 6.45) is 0.764. The highest BCUT2D eigenvalue weighted by Crippen LogP contribution is 2.23. The number of aromatic carboxylic acids is 1. The molecule has 92 valence electrons. The van der Waals surface area contributed by atoms with Crippen LogP contribution in [-0.4, -0.2) is 16.9 Å². The van der Waals surface area contributed by atoms with E-state index in [9.17, 15) is 9.59 Å². The summed E-state index contributed by atoms with van der Waals surface area (Å²) < 4.78 is 0. The van der Waals surface area contributed by atoms with Crippen LogP contribution >= 0.6 is 11.3 Å². The molecule has 2 aromatic rings. The SMILES string of the molecule is CCc1ccsc1C(=O)c1ccccc1C(=O)O. The number of aryl methyl sites for hydroxylation is 1. The second-order valence-corrected chi connectivity index (χ2v) is 4.72. The number of ketones is 1. The highest BCUT2D eigenvalue weighted by atomic mass is 32.1. The first kappa shape index (κ1) is 12.5. The van der Waals surface area contributed by atoms with Crippen molar-refractivity contribution < 1.29 is 14.7 Å². The molecule has 3 nitrogen and oxygen atoms in total. The maximum atomic E-state index is 12.4. The fraction of sp³-hybridized carbons (Fsp3) is 0.143. The third-order valence-corrected chi connectivity index (χ3v) is 3.69. The minimum absolute atomic E-state index is 0.0537. The summed E-state index contributed by atoms with van der Waals surface area (Å²) in [6, 6.07) is 8.22. The minimum Gasteiger partial charge on any atom is -0.478 e. The number of hydrogen-bond donors (Lipinski definition) is 1. The Bertz CT molecular complexity index is 599. The van der Waals surface area contributed by atoms with Gasteiger partial charge in [-0.05, 0) is 29.5 Å². The molecule has 0 unspecified atom stereocenters. The summed E-state index contributed by atoms with van der Waals surface area (Å²) in [6.45, 7) is 1.97. The summed E-state index contributed by atoms with van der Waals surface area (Å²) in [5.74, 6) is -1.28. The van der Waals surface area contributed by atoms with E-state index in [-0.39, 0.29) is 16.9 Å².